The number of benzene rings is 1. The summed E-state index contributed by atoms with van der Waals surface area (Å²) in [6.07, 6.45) is 4.58. The maximum absolute atomic E-state index is 14.7. The lowest BCUT2D eigenvalue weighted by Crippen LogP contribution is -2.68. The van der Waals surface area contributed by atoms with E-state index < -0.39 is 46.9 Å². The first-order chi connectivity index (χ1) is 32.5. The predicted molar refractivity (Wildman–Crippen MR) is 258 cm³/mol. The number of nitrogens with zero attached hydrogens (tertiary/aromatic N) is 7. The quantitative estimate of drug-likeness (QED) is 0.189. The third kappa shape index (κ3) is 9.48. The van der Waals surface area contributed by atoms with Crippen LogP contribution in [0.15, 0.2) is 41.9 Å². The number of amides is 5. The minimum Gasteiger partial charge on any atom is -0.464 e. The van der Waals surface area contributed by atoms with Gasteiger partial charge in [0, 0.05) is 99.4 Å². The number of hydrazine groups is 1. The van der Waals surface area contributed by atoms with Crippen molar-refractivity contribution in [1.29, 1.82) is 0 Å². The first-order valence-corrected chi connectivity index (χ1v) is 24.8. The molecule has 0 saturated carbocycles. The molecule has 8 rings (SSSR count). The maximum atomic E-state index is 14.7. The van der Waals surface area contributed by atoms with Crippen molar-refractivity contribution in [2.24, 2.45) is 11.3 Å². The van der Waals surface area contributed by atoms with Crippen molar-refractivity contribution in [3.8, 4) is 22.5 Å². The van der Waals surface area contributed by atoms with Gasteiger partial charge in [0.05, 0.1) is 40.3 Å². The van der Waals surface area contributed by atoms with Crippen LogP contribution in [-0.2, 0) is 52.8 Å². The molecule has 3 fully saturated rings. The predicted octanol–water partition coefficient (Wildman–Crippen LogP) is 5.60. The fourth-order valence-corrected chi connectivity index (χ4v) is 11.5. The first kappa shape index (κ1) is 49.0. The number of aryl methyl sites for hydroxylation is 1. The average molecular weight is 954 g/mol. The Hall–Kier alpha value is -5.43. The number of hydrogen-bond acceptors (Lipinski definition) is 12. The number of carbonyl (C=O) groups excluding carboxylic acids is 5. The second-order valence-electron chi connectivity index (χ2n) is 20.0. The summed E-state index contributed by atoms with van der Waals surface area (Å²) in [7, 11) is 4.80. The number of thiazole rings is 1. The van der Waals surface area contributed by atoms with Crippen LogP contribution < -0.4 is 10.7 Å². The van der Waals surface area contributed by atoms with E-state index in [1.807, 2.05) is 32.2 Å². The smallest absolute Gasteiger partial charge is 0.324 e. The molecule has 0 aliphatic carbocycles. The molecule has 3 aromatic heterocycles. The Morgan fingerprint density at radius 2 is 1.87 bits per heavy atom. The van der Waals surface area contributed by atoms with Crippen LogP contribution in [0.2, 0.25) is 0 Å². The van der Waals surface area contributed by atoms with Gasteiger partial charge >= 0.3 is 12.0 Å². The van der Waals surface area contributed by atoms with E-state index in [1.54, 1.807) is 30.2 Å². The van der Waals surface area contributed by atoms with Gasteiger partial charge in [0.25, 0.3) is 5.91 Å². The van der Waals surface area contributed by atoms with E-state index in [4.69, 9.17) is 24.2 Å². The molecule has 1 unspecified atom stereocenters. The Morgan fingerprint density at radius 3 is 2.57 bits per heavy atom. The highest BCUT2D eigenvalue weighted by Crippen LogP contribution is 2.43. The van der Waals surface area contributed by atoms with Crippen LogP contribution in [0, 0.1) is 11.3 Å². The molecule has 7 heterocycles. The number of likely N-dealkylation sites (tertiary alicyclic amines) is 2. The number of likely N-dealkylation sites (N-methyl/N-ethyl adjacent to an activating group) is 1. The lowest BCUT2D eigenvalue weighted by Gasteiger charge is -2.52. The van der Waals surface area contributed by atoms with Crippen molar-refractivity contribution >= 4 is 52.0 Å². The van der Waals surface area contributed by atoms with Gasteiger partial charge in [0.1, 0.15) is 24.7 Å². The molecule has 4 aliphatic rings. The fraction of sp³-hybridized carbons (Fsp3) is 0.580. The van der Waals surface area contributed by atoms with Crippen LogP contribution in [0.1, 0.15) is 89.6 Å². The van der Waals surface area contributed by atoms with Crippen LogP contribution in [-0.4, -0.2) is 148 Å². The van der Waals surface area contributed by atoms with E-state index in [0.29, 0.717) is 63.4 Å². The number of aromatic nitrogens is 3. The normalized spacial score (nSPS) is 22.8. The molecule has 17 nitrogen and oxygen atoms in total. The second kappa shape index (κ2) is 19.9. The fourth-order valence-electron chi connectivity index (χ4n) is 10.6. The standard InChI is InChI=1S/C50H67N9O8S/c1-10-57-39-16-15-32-23-34(39)35(44(57)33-13-11-19-51-42(33)31(4)66-9)25-49(5,6)29-67-47(63)36-14-12-20-59(54-36)46(62)37(24-40-52-38(32)27-68-40)53-45(61)43(30(2)3)55(7)48(64)58-22-18-50(58)17-21-56(28-50)41(60)26-65-8/h11,13,15-16,19,23,27,30-31,36-37,43,54H,10,12,14,17-18,20-22,24-26,28-29H2,1-9H3,(H,53,61)/t31-,36-,37-,43-,50?/m0/s1. The monoisotopic (exact) mass is 953 g/mol. The molecule has 3 saturated heterocycles. The topological polar surface area (TPSA) is 181 Å². The summed E-state index contributed by atoms with van der Waals surface area (Å²) in [5.74, 6) is -1.80. The van der Waals surface area contributed by atoms with Gasteiger partial charge in [-0.1, -0.05) is 33.8 Å². The molecule has 5 atom stereocenters. The van der Waals surface area contributed by atoms with Crippen molar-refractivity contribution in [1.82, 2.24) is 45.0 Å². The minimum absolute atomic E-state index is 0.0214. The van der Waals surface area contributed by atoms with E-state index >= 15 is 0 Å². The number of urea groups is 1. The zero-order chi connectivity index (χ0) is 48.7. The molecule has 5 amide bonds. The van der Waals surface area contributed by atoms with Gasteiger partial charge < -0.3 is 38.8 Å². The molecule has 68 heavy (non-hydrogen) atoms. The van der Waals surface area contributed by atoms with Crippen molar-refractivity contribution in [2.75, 3.05) is 60.7 Å². The number of ether oxygens (including phenoxy) is 3. The molecule has 1 aromatic carbocycles. The molecular weight excluding hydrogens is 887 g/mol. The van der Waals surface area contributed by atoms with Gasteiger partial charge in [-0.2, -0.15) is 0 Å². The second-order valence-corrected chi connectivity index (χ2v) is 20.9. The molecule has 4 aliphatic heterocycles. The summed E-state index contributed by atoms with van der Waals surface area (Å²) in [4.78, 5) is 85.1. The zero-order valence-corrected chi connectivity index (χ0v) is 41.7. The van der Waals surface area contributed by atoms with Gasteiger partial charge in [-0.25, -0.2) is 15.2 Å². The van der Waals surface area contributed by atoms with Crippen LogP contribution in [0.5, 0.6) is 0 Å². The van der Waals surface area contributed by atoms with Gasteiger partial charge in [-0.3, -0.25) is 29.2 Å². The molecule has 2 N–H and O–H groups in total. The SMILES string of the molecule is CCn1c(-c2cccnc2[C@H](C)OC)c2c3cc(ccc31)-c1csc(n1)C[C@H](NC(=O)[C@H](C(C)C)N(C)C(=O)N1CCC13CCN(C(=O)COC)C3)C(=O)N1CCC[C@H](N1)C(=O)OCC(C)(C)C2. The number of hydrogen-bond donors (Lipinski definition) is 2. The lowest BCUT2D eigenvalue weighted by atomic mass is 9.84. The number of carbonyl (C=O) groups is 5. The Bertz CT molecular complexity index is 2560. The molecule has 1 spiro atoms. The van der Waals surface area contributed by atoms with E-state index in [2.05, 4.69) is 60.3 Å². The minimum atomic E-state index is -1.09. The zero-order valence-electron chi connectivity index (χ0n) is 40.9. The molecule has 366 valence electrons. The third-order valence-electron chi connectivity index (χ3n) is 14.3. The Morgan fingerprint density at radius 1 is 1.09 bits per heavy atom. The van der Waals surface area contributed by atoms with Crippen LogP contribution >= 0.6 is 11.3 Å². The number of fused-ring (bicyclic) bond motifs is 6. The first-order valence-electron chi connectivity index (χ1n) is 23.9. The summed E-state index contributed by atoms with van der Waals surface area (Å²) in [5.41, 5.74) is 8.77. The number of esters is 1. The third-order valence-corrected chi connectivity index (χ3v) is 15.2. The Balaban J connectivity index is 1.13. The van der Waals surface area contributed by atoms with Gasteiger partial charge in [-0.05, 0) is 81.7 Å². The van der Waals surface area contributed by atoms with E-state index in [0.717, 1.165) is 51.1 Å². The molecular formula is C50H67N9O8S. The van der Waals surface area contributed by atoms with Crippen LogP contribution in [0.25, 0.3) is 33.4 Å². The van der Waals surface area contributed by atoms with Crippen molar-refractivity contribution in [3.63, 3.8) is 0 Å². The van der Waals surface area contributed by atoms with E-state index in [9.17, 15) is 24.0 Å². The van der Waals surface area contributed by atoms with E-state index in [-0.39, 0.29) is 43.6 Å². The summed E-state index contributed by atoms with van der Waals surface area (Å²) in [5, 5.41) is 8.14. The summed E-state index contributed by atoms with van der Waals surface area (Å²) in [6, 6.07) is 7.31. The highest BCUT2D eigenvalue weighted by Gasteiger charge is 2.54. The molecule has 6 bridgehead atoms. The number of rotatable bonds is 10. The Labute approximate surface area is 402 Å². The lowest BCUT2D eigenvalue weighted by molar-refractivity contribution is -0.155. The number of pyridine rings is 1. The Kier molecular flexibility index (Phi) is 14.3. The number of nitrogens with one attached hydrogen (secondary N) is 2. The number of methoxy groups -OCH3 is 2. The summed E-state index contributed by atoms with van der Waals surface area (Å²) >= 11 is 1.41. The van der Waals surface area contributed by atoms with Gasteiger partial charge in [-0.15, -0.1) is 11.3 Å². The highest BCUT2D eigenvalue weighted by atomic mass is 32.1. The number of cyclic esters (lactones) is 1. The molecule has 18 heteroatoms. The summed E-state index contributed by atoms with van der Waals surface area (Å²) in [6.45, 7) is 14.6. The van der Waals surface area contributed by atoms with Crippen LogP contribution in [0.3, 0.4) is 0 Å². The van der Waals surface area contributed by atoms with Crippen molar-refractivity contribution in [2.45, 2.75) is 116 Å². The molecule has 0 radical (unpaired) electrons. The van der Waals surface area contributed by atoms with Crippen molar-refractivity contribution in [3.05, 3.63) is 58.2 Å². The maximum Gasteiger partial charge on any atom is 0.324 e. The highest BCUT2D eigenvalue weighted by molar-refractivity contribution is 7.10. The van der Waals surface area contributed by atoms with Gasteiger partial charge in [0.2, 0.25) is 11.8 Å². The van der Waals surface area contributed by atoms with Crippen LogP contribution in [0.4, 0.5) is 4.79 Å². The largest absolute Gasteiger partial charge is 0.464 e. The average Bonchev–Trinajstić information content (AvgIpc) is 4.07. The van der Waals surface area contributed by atoms with E-state index in [1.165, 1.54) is 28.4 Å². The molecule has 4 aromatic rings. The van der Waals surface area contributed by atoms with Crippen molar-refractivity contribution < 1.29 is 38.2 Å². The van der Waals surface area contributed by atoms with Gasteiger partial charge in [0.15, 0.2) is 0 Å². The summed E-state index contributed by atoms with van der Waals surface area (Å²) < 4.78 is 19.3.